The van der Waals surface area contributed by atoms with Gasteiger partial charge in [-0.05, 0) is 44.0 Å². The van der Waals surface area contributed by atoms with Crippen molar-refractivity contribution >= 4 is 5.69 Å². The Kier molecular flexibility index (Phi) is 6.14. The standard InChI is InChI=1S/C22H27N3O2/c1-22(2,10-12-25-13-11-23-17-25)24-20-8-9-21(19(14-20)15-26)27-16-18-6-4-3-5-7-18/h3-9,11,13-14,17,24,26H,10,12,15-16H2,1-2H3. The van der Waals surface area contributed by atoms with Gasteiger partial charge in [-0.15, -0.1) is 0 Å². The second-order valence-corrected chi connectivity index (χ2v) is 7.31. The first kappa shape index (κ1) is 19.0. The van der Waals surface area contributed by atoms with E-state index in [2.05, 4.69) is 28.7 Å². The van der Waals surface area contributed by atoms with Crippen molar-refractivity contribution in [1.82, 2.24) is 9.55 Å². The summed E-state index contributed by atoms with van der Waals surface area (Å²) in [6.07, 6.45) is 6.55. The summed E-state index contributed by atoms with van der Waals surface area (Å²) in [4.78, 5) is 4.08. The third-order valence-electron chi connectivity index (χ3n) is 4.50. The zero-order chi connectivity index (χ0) is 19.1. The molecule has 0 saturated carbocycles. The fraction of sp³-hybridized carbons (Fsp3) is 0.318. The van der Waals surface area contributed by atoms with Crippen LogP contribution in [0.25, 0.3) is 0 Å². The molecule has 0 saturated heterocycles. The Morgan fingerprint density at radius 1 is 1.15 bits per heavy atom. The largest absolute Gasteiger partial charge is 0.489 e. The van der Waals surface area contributed by atoms with E-state index in [-0.39, 0.29) is 12.1 Å². The Labute approximate surface area is 160 Å². The Hall–Kier alpha value is -2.79. The number of nitrogens with one attached hydrogen (secondary N) is 1. The van der Waals surface area contributed by atoms with Crippen LogP contribution < -0.4 is 10.1 Å². The molecule has 0 bridgehead atoms. The second-order valence-electron chi connectivity index (χ2n) is 7.31. The molecule has 0 amide bonds. The number of aliphatic hydroxyl groups excluding tert-OH is 1. The minimum absolute atomic E-state index is 0.0604. The molecule has 5 heteroatoms. The molecule has 142 valence electrons. The highest BCUT2D eigenvalue weighted by Gasteiger charge is 2.18. The third-order valence-corrected chi connectivity index (χ3v) is 4.50. The van der Waals surface area contributed by atoms with Gasteiger partial charge in [-0.2, -0.15) is 0 Å². The van der Waals surface area contributed by atoms with Crippen LogP contribution >= 0.6 is 0 Å². The molecule has 2 N–H and O–H groups in total. The van der Waals surface area contributed by atoms with Crippen molar-refractivity contribution in [3.05, 3.63) is 78.4 Å². The van der Waals surface area contributed by atoms with Crippen LogP contribution in [-0.2, 0) is 19.8 Å². The highest BCUT2D eigenvalue weighted by molar-refractivity contribution is 5.52. The molecule has 0 spiro atoms. The molecule has 0 fully saturated rings. The monoisotopic (exact) mass is 365 g/mol. The maximum Gasteiger partial charge on any atom is 0.125 e. The van der Waals surface area contributed by atoms with Gasteiger partial charge in [0.1, 0.15) is 12.4 Å². The van der Waals surface area contributed by atoms with E-state index in [4.69, 9.17) is 4.74 Å². The summed E-state index contributed by atoms with van der Waals surface area (Å²) < 4.78 is 7.97. The predicted octanol–water partition coefficient (Wildman–Crippen LogP) is 4.24. The molecule has 0 radical (unpaired) electrons. The second kappa shape index (κ2) is 8.73. The van der Waals surface area contributed by atoms with E-state index >= 15 is 0 Å². The molecule has 3 rings (SSSR count). The summed E-state index contributed by atoms with van der Waals surface area (Å²) in [6.45, 7) is 5.65. The lowest BCUT2D eigenvalue weighted by molar-refractivity contribution is 0.259. The van der Waals surface area contributed by atoms with E-state index in [9.17, 15) is 5.11 Å². The van der Waals surface area contributed by atoms with E-state index < -0.39 is 0 Å². The quantitative estimate of drug-likeness (QED) is 0.596. The fourth-order valence-electron chi connectivity index (χ4n) is 2.94. The first-order valence-electron chi connectivity index (χ1n) is 9.20. The van der Waals surface area contributed by atoms with E-state index in [1.54, 1.807) is 6.20 Å². The van der Waals surface area contributed by atoms with Gasteiger partial charge >= 0.3 is 0 Å². The van der Waals surface area contributed by atoms with Gasteiger partial charge in [0, 0.05) is 35.7 Å². The van der Waals surface area contributed by atoms with Crippen LogP contribution in [0.4, 0.5) is 5.69 Å². The third kappa shape index (κ3) is 5.59. The van der Waals surface area contributed by atoms with Crippen LogP contribution in [0.5, 0.6) is 5.75 Å². The predicted molar refractivity (Wildman–Crippen MR) is 108 cm³/mol. The number of rotatable bonds is 9. The van der Waals surface area contributed by atoms with Gasteiger partial charge in [-0.1, -0.05) is 30.3 Å². The lowest BCUT2D eigenvalue weighted by Crippen LogP contribution is -2.32. The SMILES string of the molecule is CC(C)(CCn1ccnc1)Nc1ccc(OCc2ccccc2)c(CO)c1. The van der Waals surface area contributed by atoms with Crippen molar-refractivity contribution in [2.24, 2.45) is 0 Å². The number of aromatic nitrogens is 2. The number of aryl methyl sites for hydroxylation is 1. The van der Waals surface area contributed by atoms with E-state index in [0.717, 1.165) is 29.8 Å². The zero-order valence-electron chi connectivity index (χ0n) is 15.9. The minimum atomic E-state index is -0.0938. The van der Waals surface area contributed by atoms with E-state index in [1.807, 2.05) is 61.1 Å². The lowest BCUT2D eigenvalue weighted by atomic mass is 9.99. The number of imidazole rings is 1. The molecule has 0 unspecified atom stereocenters. The molecule has 5 nitrogen and oxygen atoms in total. The highest BCUT2D eigenvalue weighted by atomic mass is 16.5. The number of nitrogens with zero attached hydrogens (tertiary/aromatic N) is 2. The van der Waals surface area contributed by atoms with Crippen LogP contribution in [-0.4, -0.2) is 20.2 Å². The van der Waals surface area contributed by atoms with Crippen molar-refractivity contribution in [2.75, 3.05) is 5.32 Å². The maximum atomic E-state index is 9.75. The molecular weight excluding hydrogens is 338 g/mol. The van der Waals surface area contributed by atoms with E-state index in [0.29, 0.717) is 12.4 Å². The molecule has 1 aromatic heterocycles. The first-order valence-corrected chi connectivity index (χ1v) is 9.20. The highest BCUT2D eigenvalue weighted by Crippen LogP contribution is 2.27. The summed E-state index contributed by atoms with van der Waals surface area (Å²) in [7, 11) is 0. The van der Waals surface area contributed by atoms with Crippen LogP contribution in [0.1, 0.15) is 31.4 Å². The van der Waals surface area contributed by atoms with Gasteiger partial charge in [-0.3, -0.25) is 0 Å². The van der Waals surface area contributed by atoms with Gasteiger partial charge in [0.25, 0.3) is 0 Å². The van der Waals surface area contributed by atoms with Gasteiger partial charge in [0.15, 0.2) is 0 Å². The molecule has 1 heterocycles. The normalized spacial score (nSPS) is 11.4. The van der Waals surface area contributed by atoms with Crippen molar-refractivity contribution in [3.8, 4) is 5.75 Å². The van der Waals surface area contributed by atoms with Crippen molar-refractivity contribution in [2.45, 2.75) is 45.6 Å². The van der Waals surface area contributed by atoms with E-state index in [1.165, 1.54) is 0 Å². The topological polar surface area (TPSA) is 59.3 Å². The molecule has 0 aliphatic carbocycles. The van der Waals surface area contributed by atoms with Crippen LogP contribution in [0.3, 0.4) is 0 Å². The van der Waals surface area contributed by atoms with Gasteiger partial charge in [-0.25, -0.2) is 4.98 Å². The number of benzene rings is 2. The van der Waals surface area contributed by atoms with Crippen LogP contribution in [0.15, 0.2) is 67.3 Å². The zero-order valence-corrected chi connectivity index (χ0v) is 15.9. The van der Waals surface area contributed by atoms with Crippen LogP contribution in [0.2, 0.25) is 0 Å². The first-order chi connectivity index (χ1) is 13.1. The summed E-state index contributed by atoms with van der Waals surface area (Å²) >= 11 is 0. The number of anilines is 1. The number of hydrogen-bond acceptors (Lipinski definition) is 4. The molecule has 3 aromatic rings. The summed E-state index contributed by atoms with van der Waals surface area (Å²) in [6, 6.07) is 15.9. The molecule has 2 aromatic carbocycles. The number of ether oxygens (including phenoxy) is 1. The van der Waals surface area contributed by atoms with Crippen molar-refractivity contribution in [3.63, 3.8) is 0 Å². The van der Waals surface area contributed by atoms with Crippen molar-refractivity contribution in [1.29, 1.82) is 0 Å². The van der Waals surface area contributed by atoms with Gasteiger partial charge in [0.2, 0.25) is 0 Å². The molecule has 0 aliphatic heterocycles. The Morgan fingerprint density at radius 2 is 1.96 bits per heavy atom. The van der Waals surface area contributed by atoms with Gasteiger partial charge in [0.05, 0.1) is 12.9 Å². The maximum absolute atomic E-state index is 9.75. The summed E-state index contributed by atoms with van der Waals surface area (Å²) in [5.74, 6) is 0.711. The Morgan fingerprint density at radius 3 is 2.67 bits per heavy atom. The van der Waals surface area contributed by atoms with Gasteiger partial charge < -0.3 is 19.7 Å². The summed E-state index contributed by atoms with van der Waals surface area (Å²) in [5, 5.41) is 13.3. The summed E-state index contributed by atoms with van der Waals surface area (Å²) in [5.41, 5.74) is 2.76. The smallest absolute Gasteiger partial charge is 0.125 e. The minimum Gasteiger partial charge on any atom is -0.489 e. The fourth-order valence-corrected chi connectivity index (χ4v) is 2.94. The lowest BCUT2D eigenvalue weighted by Gasteiger charge is -2.28. The number of hydrogen-bond donors (Lipinski definition) is 2. The molecule has 0 aliphatic rings. The Bertz CT molecular complexity index is 830. The molecule has 27 heavy (non-hydrogen) atoms. The number of aliphatic hydroxyl groups is 1. The van der Waals surface area contributed by atoms with Crippen LogP contribution in [0, 0.1) is 0 Å². The molecule has 0 atom stereocenters. The molecular formula is C22H27N3O2. The average Bonchev–Trinajstić information content (AvgIpc) is 3.19. The Balaban J connectivity index is 1.62. The van der Waals surface area contributed by atoms with Crippen molar-refractivity contribution < 1.29 is 9.84 Å². The average molecular weight is 365 g/mol.